The zero-order valence-corrected chi connectivity index (χ0v) is 61.5. The molecule has 2 amide bonds. The topological polar surface area (TPSA) is 134 Å². The van der Waals surface area contributed by atoms with Crippen molar-refractivity contribution in [3.8, 4) is 0 Å². The van der Waals surface area contributed by atoms with Crippen LogP contribution in [0, 0.1) is 11.8 Å². The molecule has 1 heterocycles. The predicted octanol–water partition coefficient (Wildman–Crippen LogP) is 20.4. The van der Waals surface area contributed by atoms with E-state index in [2.05, 4.69) is 183 Å². The highest BCUT2D eigenvalue weighted by Crippen LogP contribution is 2.53. The largest absolute Gasteiger partial charge is 0.461 e. The molecule has 88 heavy (non-hydrogen) atoms. The van der Waals surface area contributed by atoms with Crippen LogP contribution in [0.1, 0.15) is 219 Å². The Bertz CT molecular complexity index is 2730. The van der Waals surface area contributed by atoms with Crippen molar-refractivity contribution in [1.29, 1.82) is 0 Å². The molecule has 1 aliphatic carbocycles. The molecule has 4 aromatic rings. The van der Waals surface area contributed by atoms with Crippen LogP contribution in [0.3, 0.4) is 0 Å². The Hall–Kier alpha value is -4.45. The summed E-state index contributed by atoms with van der Waals surface area (Å²) in [6, 6.07) is 26.0. The Morgan fingerprint density at radius 1 is 0.625 bits per heavy atom. The molecule has 0 aliphatic heterocycles. The van der Waals surface area contributed by atoms with Crippen molar-refractivity contribution in [2.24, 2.45) is 11.8 Å². The number of anilines is 1. The molecule has 2 N–H and O–H groups in total. The van der Waals surface area contributed by atoms with Crippen molar-refractivity contribution in [3.63, 3.8) is 0 Å². The van der Waals surface area contributed by atoms with Crippen molar-refractivity contribution < 1.29 is 37.1 Å². The highest BCUT2D eigenvalue weighted by atomic mass is 28.4. The lowest BCUT2D eigenvalue weighted by Crippen LogP contribution is -2.51. The molecule has 1 aliphatic rings. The van der Waals surface area contributed by atoms with Crippen molar-refractivity contribution in [3.05, 3.63) is 120 Å². The lowest BCUT2D eigenvalue weighted by molar-refractivity contribution is -0.145. The predicted molar refractivity (Wildman–Crippen MR) is 375 cm³/mol. The number of pyridine rings is 1. The summed E-state index contributed by atoms with van der Waals surface area (Å²) in [6.45, 7) is 49.1. The monoisotopic (exact) mass is 1260 g/mol. The maximum Gasteiger partial charge on any atom is 0.407 e. The number of hydrogen-bond donors (Lipinski definition) is 2. The summed E-state index contributed by atoms with van der Waals surface area (Å²) >= 11 is 0. The van der Waals surface area contributed by atoms with Gasteiger partial charge in [-0.15, -0.1) is 0 Å². The third-order valence-electron chi connectivity index (χ3n) is 19.8. The molecule has 490 valence electrons. The minimum absolute atomic E-state index is 0.0158. The average Bonchev–Trinajstić information content (AvgIpc) is 3.88. The van der Waals surface area contributed by atoms with Crippen LogP contribution < -0.4 is 10.6 Å². The van der Waals surface area contributed by atoms with E-state index >= 15 is 0 Å². The zero-order valence-electron chi connectivity index (χ0n) is 58.5. The van der Waals surface area contributed by atoms with Gasteiger partial charge in [0.2, 0.25) is 30.9 Å². The van der Waals surface area contributed by atoms with Gasteiger partial charge >= 0.3 is 12.1 Å². The van der Waals surface area contributed by atoms with Crippen LogP contribution >= 0.6 is 0 Å². The van der Waals surface area contributed by atoms with Gasteiger partial charge in [-0.1, -0.05) is 197 Å². The standard InChI is InChI=1S/C74H119N3O8Si3/c1-50(2)86(51(3)4,52(5)6)83-65(40-35-59-29-25-24-26-30-59)41-42-67-66(69(84-87(53(7)8,54(9)10)55(11)12)46-70(67)85-88(56(13)14,57(15)16)58(17)18)31-27-22-23-28-32-71(78)81-49-60-33-36-61(37-34-60)68(48-76-73(80)82-74(19,20)21)72(79)77-64-39-38-63-47-75-44-43-62(63)45-64/h22,24-27,29-30,33-34,36-39,43-45,47,50-58,65-70H,23,28,31-32,35,40-42,46,48-49H2,1-21H3,(H,76,80)(H,77,79)/b27-22-/t65?,66-,67-,68?,69+,70-/m1/s1. The first-order chi connectivity index (χ1) is 41.4. The van der Waals surface area contributed by atoms with Gasteiger partial charge < -0.3 is 33.4 Å². The van der Waals surface area contributed by atoms with Crippen LogP contribution in [0.5, 0.6) is 0 Å². The third kappa shape index (κ3) is 19.5. The summed E-state index contributed by atoms with van der Waals surface area (Å²) in [7, 11) is -6.84. The summed E-state index contributed by atoms with van der Waals surface area (Å²) in [6.07, 6.45) is 15.5. The first-order valence-electron chi connectivity index (χ1n) is 34.0. The molecule has 1 saturated carbocycles. The van der Waals surface area contributed by atoms with Gasteiger partial charge in [0.25, 0.3) is 0 Å². The number of aryl methyl sites for hydroxylation is 1. The molecule has 3 aromatic carbocycles. The van der Waals surface area contributed by atoms with Gasteiger partial charge in [0.05, 0.1) is 18.1 Å². The molecular weight excluding hydrogens is 1140 g/mol. The molecule has 2 unspecified atom stereocenters. The number of benzene rings is 3. The van der Waals surface area contributed by atoms with Gasteiger partial charge in [0.15, 0.2) is 0 Å². The highest BCUT2D eigenvalue weighted by molar-refractivity contribution is 6.78. The Morgan fingerprint density at radius 3 is 1.73 bits per heavy atom. The van der Waals surface area contributed by atoms with E-state index < -0.39 is 42.6 Å². The van der Waals surface area contributed by atoms with E-state index in [-0.39, 0.29) is 49.3 Å². The van der Waals surface area contributed by atoms with Crippen LogP contribution in [0.15, 0.2) is 103 Å². The number of carbonyl (C=O) groups is 3. The SMILES string of the molecule is CC(C)[Si](OC(CCc1ccccc1)CC[C@@H]1[C@@H](C/C=C\CCCC(=O)OCc2ccc(C(CNC(=O)OC(C)(C)C)C(=O)Nc3ccc4cnccc4c3)cc2)[C@@H](O[Si](C(C)C)(C(C)C)C(C)C)C[C@H]1O[Si](C(C)C)(C(C)C)C(C)C)(C(C)C)C(C)C. The minimum atomic E-state index is -2.31. The summed E-state index contributed by atoms with van der Waals surface area (Å²) in [5.41, 5.74) is 7.05. The lowest BCUT2D eigenvalue weighted by atomic mass is 9.85. The number of nitrogens with one attached hydrogen (secondary N) is 2. The number of rotatable bonds is 34. The van der Waals surface area contributed by atoms with Gasteiger partial charge in [0.1, 0.15) is 12.2 Å². The Balaban J connectivity index is 1.37. The molecule has 5 rings (SSSR count). The van der Waals surface area contributed by atoms with Gasteiger partial charge in [-0.3, -0.25) is 14.6 Å². The Labute approximate surface area is 537 Å². The number of hydrogen-bond acceptors (Lipinski definition) is 9. The second-order valence-corrected chi connectivity index (χ2v) is 45.8. The molecular formula is C74H119N3O8Si3. The summed E-state index contributed by atoms with van der Waals surface area (Å²) in [5, 5.41) is 7.74. The van der Waals surface area contributed by atoms with Crippen LogP contribution in [-0.2, 0) is 45.4 Å². The molecule has 1 fully saturated rings. The number of nitrogens with zero attached hydrogens (tertiary/aromatic N) is 1. The van der Waals surface area contributed by atoms with Gasteiger partial charge in [-0.25, -0.2) is 4.79 Å². The van der Waals surface area contributed by atoms with E-state index in [9.17, 15) is 14.4 Å². The molecule has 11 nitrogen and oxygen atoms in total. The number of amides is 2. The molecule has 0 bridgehead atoms. The van der Waals surface area contributed by atoms with Crippen LogP contribution in [0.25, 0.3) is 10.8 Å². The number of aromatic nitrogens is 1. The van der Waals surface area contributed by atoms with Crippen LogP contribution in [0.2, 0.25) is 49.9 Å². The van der Waals surface area contributed by atoms with Gasteiger partial charge in [-0.05, 0) is 174 Å². The first kappa shape index (κ1) is 74.3. The highest BCUT2D eigenvalue weighted by Gasteiger charge is 2.55. The smallest absolute Gasteiger partial charge is 0.407 e. The average molecular weight is 1260 g/mol. The van der Waals surface area contributed by atoms with E-state index in [0.29, 0.717) is 79.9 Å². The normalized spacial score (nSPS) is 17.9. The number of fused-ring (bicyclic) bond motifs is 1. The van der Waals surface area contributed by atoms with E-state index in [1.54, 1.807) is 33.2 Å². The summed E-state index contributed by atoms with van der Waals surface area (Å²) in [4.78, 5) is 44.3. The van der Waals surface area contributed by atoms with E-state index in [1.165, 1.54) is 5.56 Å². The summed E-state index contributed by atoms with van der Waals surface area (Å²) < 4.78 is 35.3. The number of ether oxygens (including phenoxy) is 2. The number of esters is 1. The van der Waals surface area contributed by atoms with Crippen molar-refractivity contribution in [2.45, 2.75) is 289 Å². The first-order valence-corrected chi connectivity index (χ1v) is 40.4. The fraction of sp³-hybridized carbons (Fsp3) is 0.649. The molecule has 14 heteroatoms. The van der Waals surface area contributed by atoms with Crippen LogP contribution in [-0.4, -0.2) is 78.4 Å². The molecule has 6 atom stereocenters. The second kappa shape index (κ2) is 33.7. The van der Waals surface area contributed by atoms with Crippen LogP contribution in [0.4, 0.5) is 10.5 Å². The number of unbranched alkanes of at least 4 members (excludes halogenated alkanes) is 1. The van der Waals surface area contributed by atoms with Crippen molar-refractivity contribution in [2.75, 3.05) is 11.9 Å². The van der Waals surface area contributed by atoms with Gasteiger partial charge in [0, 0.05) is 42.5 Å². The molecule has 1 aromatic heterocycles. The Morgan fingerprint density at radius 2 is 1.18 bits per heavy atom. The van der Waals surface area contributed by atoms with Gasteiger partial charge in [-0.2, -0.15) is 0 Å². The number of alkyl carbamates (subject to hydrolysis) is 1. The quantitative estimate of drug-likeness (QED) is 0.0203. The third-order valence-corrected chi connectivity index (χ3v) is 38.2. The molecule has 0 saturated heterocycles. The van der Waals surface area contributed by atoms with Crippen molar-refractivity contribution >= 4 is 59.4 Å². The number of carbonyl (C=O) groups excluding carboxylic acids is 3. The van der Waals surface area contributed by atoms with E-state index in [0.717, 1.165) is 61.3 Å². The summed E-state index contributed by atoms with van der Waals surface area (Å²) in [5.74, 6) is -0.706. The van der Waals surface area contributed by atoms with Crippen molar-refractivity contribution in [1.82, 2.24) is 10.3 Å². The minimum Gasteiger partial charge on any atom is -0.461 e. The fourth-order valence-corrected chi connectivity index (χ4v) is 32.7. The second-order valence-electron chi connectivity index (χ2n) is 29.5. The number of allylic oxidation sites excluding steroid dienone is 2. The lowest BCUT2D eigenvalue weighted by Gasteiger charge is -2.46. The molecule has 0 spiro atoms. The Kier molecular flexibility index (Phi) is 28.5. The molecule has 0 radical (unpaired) electrons. The maximum atomic E-state index is 13.9. The van der Waals surface area contributed by atoms with E-state index in [4.69, 9.17) is 22.8 Å². The maximum absolute atomic E-state index is 13.9. The van der Waals surface area contributed by atoms with E-state index in [1.807, 2.05) is 48.5 Å². The fourth-order valence-electron chi connectivity index (χ4n) is 15.8. The zero-order chi connectivity index (χ0) is 65.3.